The number of thiophene rings is 1. The molecule has 5 heteroatoms. The molecule has 1 heterocycles. The molecule has 0 atom stereocenters. The van der Waals surface area contributed by atoms with Crippen LogP contribution >= 0.6 is 22.9 Å². The van der Waals surface area contributed by atoms with E-state index < -0.39 is 7.12 Å². The molecule has 0 aliphatic heterocycles. The number of hydrogen-bond donors (Lipinski definition) is 2. The monoisotopic (exact) mass is 232 g/mol. The van der Waals surface area contributed by atoms with Crippen molar-refractivity contribution in [2.75, 3.05) is 0 Å². The smallest absolute Gasteiger partial charge is 0.423 e. The van der Waals surface area contributed by atoms with Crippen LogP contribution in [-0.2, 0) is 6.42 Å². The Kier molecular flexibility index (Phi) is 4.96. The highest BCUT2D eigenvalue weighted by Gasteiger charge is 2.16. The molecule has 0 aromatic carbocycles. The summed E-state index contributed by atoms with van der Waals surface area (Å²) in [6, 6.07) is 1.64. The van der Waals surface area contributed by atoms with E-state index in [0.717, 1.165) is 17.7 Å². The van der Waals surface area contributed by atoms with Crippen LogP contribution in [0.3, 0.4) is 0 Å². The third-order valence-electron chi connectivity index (χ3n) is 2.04. The zero-order valence-corrected chi connectivity index (χ0v) is 9.74. The Balaban J connectivity index is 2.58. The van der Waals surface area contributed by atoms with Gasteiger partial charge in [-0.05, 0) is 18.9 Å². The van der Waals surface area contributed by atoms with Gasteiger partial charge >= 0.3 is 7.12 Å². The molecular formula is C9H14BClO2S. The SMILES string of the molecule is CCCCCc1sc(B(O)O)cc1Cl. The second kappa shape index (κ2) is 5.76. The lowest BCUT2D eigenvalue weighted by molar-refractivity contribution is 0.427. The summed E-state index contributed by atoms with van der Waals surface area (Å²) in [7, 11) is -1.39. The Hall–Kier alpha value is -0.0251. The van der Waals surface area contributed by atoms with Gasteiger partial charge in [0, 0.05) is 9.65 Å². The van der Waals surface area contributed by atoms with Crippen LogP contribution in [0.25, 0.3) is 0 Å². The Bertz CT molecular complexity index is 288. The predicted octanol–water partition coefficient (Wildman–Crippen LogP) is 1.81. The highest BCUT2D eigenvalue weighted by Crippen LogP contribution is 2.22. The summed E-state index contributed by atoms with van der Waals surface area (Å²) in [5, 5.41) is 18.5. The van der Waals surface area contributed by atoms with Gasteiger partial charge in [0.1, 0.15) is 0 Å². The van der Waals surface area contributed by atoms with Crippen molar-refractivity contribution in [3.63, 3.8) is 0 Å². The van der Waals surface area contributed by atoms with Gasteiger partial charge in [0.25, 0.3) is 0 Å². The van der Waals surface area contributed by atoms with Gasteiger partial charge in [-0.3, -0.25) is 0 Å². The second-order valence-corrected chi connectivity index (χ2v) is 4.83. The van der Waals surface area contributed by atoms with Crippen molar-refractivity contribution >= 4 is 34.8 Å². The van der Waals surface area contributed by atoms with Crippen LogP contribution in [0.4, 0.5) is 0 Å². The zero-order valence-electron chi connectivity index (χ0n) is 8.16. The van der Waals surface area contributed by atoms with Gasteiger partial charge in [-0.15, -0.1) is 11.3 Å². The molecule has 14 heavy (non-hydrogen) atoms. The summed E-state index contributed by atoms with van der Waals surface area (Å²) in [6.07, 6.45) is 4.41. The van der Waals surface area contributed by atoms with Gasteiger partial charge in [0.15, 0.2) is 0 Å². The van der Waals surface area contributed by atoms with Crippen molar-refractivity contribution in [3.8, 4) is 0 Å². The van der Waals surface area contributed by atoms with Gasteiger partial charge in [-0.1, -0.05) is 31.4 Å². The molecule has 0 unspecified atom stereocenters. The van der Waals surface area contributed by atoms with Crippen LogP contribution in [-0.4, -0.2) is 17.2 Å². The van der Waals surface area contributed by atoms with E-state index in [1.54, 1.807) is 6.07 Å². The van der Waals surface area contributed by atoms with Crippen LogP contribution in [0.15, 0.2) is 6.07 Å². The molecule has 0 saturated heterocycles. The molecule has 1 aromatic rings. The highest BCUT2D eigenvalue weighted by molar-refractivity contribution is 7.22. The van der Waals surface area contributed by atoms with Crippen LogP contribution in [0, 0.1) is 0 Å². The molecule has 0 fully saturated rings. The first-order valence-electron chi connectivity index (χ1n) is 4.79. The third kappa shape index (κ3) is 3.28. The summed E-state index contributed by atoms with van der Waals surface area (Å²) < 4.78 is 0.529. The topological polar surface area (TPSA) is 40.5 Å². The Labute approximate surface area is 93.7 Å². The van der Waals surface area contributed by atoms with Crippen molar-refractivity contribution in [2.45, 2.75) is 32.6 Å². The Morgan fingerprint density at radius 2 is 2.14 bits per heavy atom. The number of unbranched alkanes of at least 4 members (excludes halogenated alkanes) is 2. The van der Waals surface area contributed by atoms with Gasteiger partial charge in [-0.2, -0.15) is 0 Å². The summed E-state index contributed by atoms with van der Waals surface area (Å²) >= 11 is 7.34. The van der Waals surface area contributed by atoms with E-state index in [0.29, 0.717) is 9.80 Å². The minimum atomic E-state index is -1.39. The second-order valence-electron chi connectivity index (χ2n) is 3.25. The molecule has 2 nitrogen and oxygen atoms in total. The van der Waals surface area contributed by atoms with E-state index in [4.69, 9.17) is 21.6 Å². The van der Waals surface area contributed by atoms with Gasteiger partial charge in [0.2, 0.25) is 0 Å². The van der Waals surface area contributed by atoms with E-state index in [1.807, 2.05) is 0 Å². The van der Waals surface area contributed by atoms with E-state index in [2.05, 4.69) is 6.92 Å². The maximum atomic E-state index is 8.94. The largest absolute Gasteiger partial charge is 0.499 e. The molecule has 1 aromatic heterocycles. The molecule has 2 N–H and O–H groups in total. The first kappa shape index (κ1) is 12.0. The molecule has 0 saturated carbocycles. The first-order chi connectivity index (χ1) is 6.65. The molecule has 0 aliphatic rings. The fraction of sp³-hybridized carbons (Fsp3) is 0.556. The normalized spacial score (nSPS) is 10.6. The molecule has 0 aliphatic carbocycles. The van der Waals surface area contributed by atoms with Crippen molar-refractivity contribution < 1.29 is 10.0 Å². The van der Waals surface area contributed by atoms with Crippen LogP contribution < -0.4 is 4.78 Å². The van der Waals surface area contributed by atoms with Crippen molar-refractivity contribution in [1.82, 2.24) is 0 Å². The zero-order chi connectivity index (χ0) is 10.6. The number of halogens is 1. The molecule has 0 amide bonds. The molecule has 0 radical (unpaired) electrons. The number of aryl methyl sites for hydroxylation is 1. The number of hydrogen-bond acceptors (Lipinski definition) is 3. The summed E-state index contributed by atoms with van der Waals surface area (Å²) in [6.45, 7) is 2.15. The first-order valence-corrected chi connectivity index (χ1v) is 5.98. The van der Waals surface area contributed by atoms with Crippen LogP contribution in [0.5, 0.6) is 0 Å². The molecular weight excluding hydrogens is 218 g/mol. The third-order valence-corrected chi connectivity index (χ3v) is 3.72. The van der Waals surface area contributed by atoms with Crippen LogP contribution in [0.2, 0.25) is 5.02 Å². The van der Waals surface area contributed by atoms with E-state index in [9.17, 15) is 0 Å². The Morgan fingerprint density at radius 3 is 2.64 bits per heavy atom. The van der Waals surface area contributed by atoms with Crippen molar-refractivity contribution in [1.29, 1.82) is 0 Å². The molecule has 1 rings (SSSR count). The standard InChI is InChI=1S/C9H14BClO2S/c1-2-3-4-5-8-7(11)6-9(14-8)10(12)13/h6,12-13H,2-5H2,1H3. The summed E-state index contributed by atoms with van der Waals surface area (Å²) in [4.78, 5) is 1.06. The molecule has 78 valence electrons. The predicted molar refractivity (Wildman–Crippen MR) is 62.4 cm³/mol. The highest BCUT2D eigenvalue weighted by atomic mass is 35.5. The summed E-state index contributed by atoms with van der Waals surface area (Å²) in [5.41, 5.74) is 0. The lowest BCUT2D eigenvalue weighted by Crippen LogP contribution is -2.26. The quantitative estimate of drug-likeness (QED) is 0.600. The van der Waals surface area contributed by atoms with Gasteiger partial charge in [0.05, 0.1) is 5.02 Å². The number of rotatable bonds is 5. The van der Waals surface area contributed by atoms with Crippen molar-refractivity contribution in [2.24, 2.45) is 0 Å². The Morgan fingerprint density at radius 1 is 1.43 bits per heavy atom. The average Bonchev–Trinajstić information content (AvgIpc) is 2.49. The fourth-order valence-electron chi connectivity index (χ4n) is 1.26. The molecule has 0 spiro atoms. The van der Waals surface area contributed by atoms with Crippen molar-refractivity contribution in [3.05, 3.63) is 16.0 Å². The average molecular weight is 233 g/mol. The summed E-state index contributed by atoms with van der Waals surface area (Å²) in [5.74, 6) is 0. The van der Waals surface area contributed by atoms with E-state index >= 15 is 0 Å². The fourth-order valence-corrected chi connectivity index (χ4v) is 2.62. The molecule has 0 bridgehead atoms. The van der Waals surface area contributed by atoms with Gasteiger partial charge < -0.3 is 10.0 Å². The van der Waals surface area contributed by atoms with E-state index in [-0.39, 0.29) is 0 Å². The van der Waals surface area contributed by atoms with E-state index in [1.165, 1.54) is 24.2 Å². The lowest BCUT2D eigenvalue weighted by Gasteiger charge is -1.96. The van der Waals surface area contributed by atoms with Crippen LogP contribution in [0.1, 0.15) is 31.1 Å². The van der Waals surface area contributed by atoms with Gasteiger partial charge in [-0.25, -0.2) is 0 Å². The minimum absolute atomic E-state index is 0.529. The maximum absolute atomic E-state index is 8.94. The maximum Gasteiger partial charge on any atom is 0.499 e. The minimum Gasteiger partial charge on any atom is -0.423 e. The lowest BCUT2D eigenvalue weighted by atomic mass is 9.90.